The van der Waals surface area contributed by atoms with Crippen LogP contribution < -0.4 is 11.5 Å². The third-order valence-corrected chi connectivity index (χ3v) is 3.37. The van der Waals surface area contributed by atoms with Crippen molar-refractivity contribution in [3.8, 4) is 0 Å². The summed E-state index contributed by atoms with van der Waals surface area (Å²) in [6, 6.07) is -2.57. The lowest BCUT2D eigenvalue weighted by atomic mass is 9.91. The molecule has 0 saturated carbocycles. The number of piperidine rings is 1. The van der Waals surface area contributed by atoms with Crippen molar-refractivity contribution >= 4 is 5.91 Å². The fraction of sp³-hybridized carbons (Fsp3) is 0.909. The van der Waals surface area contributed by atoms with Gasteiger partial charge in [-0.25, -0.2) is 0 Å². The van der Waals surface area contributed by atoms with Gasteiger partial charge in [-0.2, -0.15) is 13.2 Å². The number of amides is 1. The normalized spacial score (nSPS) is 22.7. The lowest BCUT2D eigenvalue weighted by Crippen LogP contribution is -2.57. The molecule has 0 radical (unpaired) electrons. The van der Waals surface area contributed by atoms with Crippen molar-refractivity contribution in [2.75, 3.05) is 13.1 Å². The van der Waals surface area contributed by atoms with Gasteiger partial charge in [-0.15, -0.1) is 0 Å². The van der Waals surface area contributed by atoms with E-state index >= 15 is 0 Å². The fourth-order valence-corrected chi connectivity index (χ4v) is 2.56. The summed E-state index contributed by atoms with van der Waals surface area (Å²) >= 11 is 0. The molecule has 0 spiro atoms. The Morgan fingerprint density at radius 1 is 1.39 bits per heavy atom. The number of halogens is 3. The Bertz CT molecular complexity index is 286. The molecule has 0 bridgehead atoms. The van der Waals surface area contributed by atoms with Crippen molar-refractivity contribution in [1.29, 1.82) is 0 Å². The van der Waals surface area contributed by atoms with Crippen LogP contribution in [0.3, 0.4) is 0 Å². The summed E-state index contributed by atoms with van der Waals surface area (Å²) in [5.74, 6) is -0.297. The smallest absolute Gasteiger partial charge is 0.370 e. The van der Waals surface area contributed by atoms with Crippen LogP contribution in [0.5, 0.6) is 0 Å². The Morgan fingerprint density at radius 2 is 1.89 bits per heavy atom. The molecule has 7 heteroatoms. The number of hydrogen-bond donors (Lipinski definition) is 2. The van der Waals surface area contributed by atoms with Gasteiger partial charge < -0.3 is 11.5 Å². The van der Waals surface area contributed by atoms with E-state index in [1.54, 1.807) is 0 Å². The number of likely N-dealkylation sites (tertiary alicyclic amines) is 1. The number of nitrogens with zero attached hydrogens (tertiary/aromatic N) is 1. The quantitative estimate of drug-likeness (QED) is 0.793. The molecule has 0 aromatic rings. The van der Waals surface area contributed by atoms with Crippen LogP contribution in [0.4, 0.5) is 13.2 Å². The van der Waals surface area contributed by atoms with E-state index in [0.29, 0.717) is 25.9 Å². The molecule has 1 aliphatic heterocycles. The van der Waals surface area contributed by atoms with E-state index in [4.69, 9.17) is 11.5 Å². The summed E-state index contributed by atoms with van der Waals surface area (Å²) in [7, 11) is 0. The van der Waals surface area contributed by atoms with Gasteiger partial charge in [0.1, 0.15) is 6.04 Å². The highest BCUT2D eigenvalue weighted by Crippen LogP contribution is 2.30. The number of hydrogen-bond acceptors (Lipinski definition) is 3. The van der Waals surface area contributed by atoms with E-state index in [-0.39, 0.29) is 12.3 Å². The zero-order chi connectivity index (χ0) is 13.9. The predicted molar refractivity (Wildman–Crippen MR) is 61.6 cm³/mol. The van der Waals surface area contributed by atoms with Crippen molar-refractivity contribution in [3.63, 3.8) is 0 Å². The molecule has 1 saturated heterocycles. The molecular weight excluding hydrogens is 247 g/mol. The van der Waals surface area contributed by atoms with E-state index in [1.807, 2.05) is 0 Å². The van der Waals surface area contributed by atoms with Crippen LogP contribution in [-0.4, -0.2) is 42.2 Å². The molecule has 0 aromatic carbocycles. The highest BCUT2D eigenvalue weighted by Gasteiger charge is 2.46. The minimum absolute atomic E-state index is 0.0979. The topological polar surface area (TPSA) is 72.3 Å². The molecule has 0 aromatic heterocycles. The maximum atomic E-state index is 12.9. The number of carbonyl (C=O) groups excluding carboxylic acids is 1. The molecule has 4 nitrogen and oxygen atoms in total. The Balaban J connectivity index is 2.57. The standard InChI is InChI=1S/C11H20F3N3O/c1-7(15)10(11(12,13)14)17-4-2-8(3-5-17)6-9(16)18/h7-8,10H,2-6,15H2,1H3,(H2,16,18). The molecule has 2 atom stereocenters. The first-order valence-corrected chi connectivity index (χ1v) is 6.06. The number of rotatable bonds is 4. The minimum Gasteiger partial charge on any atom is -0.370 e. The second-order valence-corrected chi connectivity index (χ2v) is 5.00. The van der Waals surface area contributed by atoms with Crippen LogP contribution in [0.25, 0.3) is 0 Å². The van der Waals surface area contributed by atoms with Gasteiger partial charge in [-0.3, -0.25) is 9.69 Å². The molecule has 1 amide bonds. The van der Waals surface area contributed by atoms with E-state index < -0.39 is 24.2 Å². The molecular formula is C11H20F3N3O. The Labute approximate surface area is 104 Å². The number of carbonyl (C=O) groups is 1. The largest absolute Gasteiger partial charge is 0.405 e. The lowest BCUT2D eigenvalue weighted by Gasteiger charge is -2.39. The first kappa shape index (κ1) is 15.2. The van der Waals surface area contributed by atoms with Gasteiger partial charge in [-0.1, -0.05) is 0 Å². The molecule has 106 valence electrons. The second kappa shape index (κ2) is 5.88. The first-order valence-electron chi connectivity index (χ1n) is 6.06. The fourth-order valence-electron chi connectivity index (χ4n) is 2.56. The minimum atomic E-state index is -4.31. The van der Waals surface area contributed by atoms with Gasteiger partial charge in [0.25, 0.3) is 0 Å². The maximum absolute atomic E-state index is 12.9. The van der Waals surface area contributed by atoms with Crippen LogP contribution >= 0.6 is 0 Å². The van der Waals surface area contributed by atoms with Gasteiger partial charge in [0.05, 0.1) is 0 Å². The molecule has 1 heterocycles. The predicted octanol–water partition coefficient (Wildman–Crippen LogP) is 0.852. The van der Waals surface area contributed by atoms with Gasteiger partial charge in [0.2, 0.25) is 5.91 Å². The van der Waals surface area contributed by atoms with E-state index in [2.05, 4.69) is 0 Å². The van der Waals surface area contributed by atoms with E-state index in [0.717, 1.165) is 0 Å². The van der Waals surface area contributed by atoms with Gasteiger partial charge in [0, 0.05) is 12.5 Å². The van der Waals surface area contributed by atoms with Gasteiger partial charge in [0.15, 0.2) is 0 Å². The summed E-state index contributed by atoms with van der Waals surface area (Å²) in [5.41, 5.74) is 10.5. The molecule has 2 unspecified atom stereocenters. The van der Waals surface area contributed by atoms with Gasteiger partial charge in [-0.05, 0) is 38.8 Å². The Hall–Kier alpha value is -0.820. The average Bonchev–Trinajstić information content (AvgIpc) is 2.17. The molecule has 1 aliphatic rings. The Morgan fingerprint density at radius 3 is 2.22 bits per heavy atom. The van der Waals surface area contributed by atoms with Crippen molar-refractivity contribution < 1.29 is 18.0 Å². The molecule has 1 fully saturated rings. The summed E-state index contributed by atoms with van der Waals surface area (Å²) in [4.78, 5) is 12.1. The van der Waals surface area contributed by atoms with Gasteiger partial charge >= 0.3 is 6.18 Å². The van der Waals surface area contributed by atoms with E-state index in [1.165, 1.54) is 11.8 Å². The molecule has 1 rings (SSSR count). The number of alkyl halides is 3. The number of nitrogens with two attached hydrogens (primary N) is 2. The molecule has 18 heavy (non-hydrogen) atoms. The number of primary amides is 1. The maximum Gasteiger partial charge on any atom is 0.405 e. The average molecular weight is 267 g/mol. The highest BCUT2D eigenvalue weighted by molar-refractivity contribution is 5.73. The second-order valence-electron chi connectivity index (χ2n) is 5.00. The van der Waals surface area contributed by atoms with Crippen LogP contribution in [0, 0.1) is 5.92 Å². The SMILES string of the molecule is CC(N)C(N1CCC(CC(N)=O)CC1)C(F)(F)F. The highest BCUT2D eigenvalue weighted by atomic mass is 19.4. The molecule has 0 aliphatic carbocycles. The third kappa shape index (κ3) is 4.13. The van der Waals surface area contributed by atoms with Crippen LogP contribution in [0.1, 0.15) is 26.2 Å². The summed E-state index contributed by atoms with van der Waals surface area (Å²) < 4.78 is 38.6. The summed E-state index contributed by atoms with van der Waals surface area (Å²) in [5, 5.41) is 0. The lowest BCUT2D eigenvalue weighted by molar-refractivity contribution is -0.191. The van der Waals surface area contributed by atoms with Crippen LogP contribution in [-0.2, 0) is 4.79 Å². The van der Waals surface area contributed by atoms with Crippen molar-refractivity contribution in [1.82, 2.24) is 4.90 Å². The van der Waals surface area contributed by atoms with Crippen molar-refractivity contribution in [2.45, 2.75) is 44.4 Å². The zero-order valence-electron chi connectivity index (χ0n) is 10.4. The summed E-state index contributed by atoms with van der Waals surface area (Å²) in [6.07, 6.45) is -2.95. The van der Waals surface area contributed by atoms with Crippen molar-refractivity contribution in [2.24, 2.45) is 17.4 Å². The van der Waals surface area contributed by atoms with Crippen molar-refractivity contribution in [3.05, 3.63) is 0 Å². The zero-order valence-corrected chi connectivity index (χ0v) is 10.4. The van der Waals surface area contributed by atoms with Crippen LogP contribution in [0.15, 0.2) is 0 Å². The van der Waals surface area contributed by atoms with Crippen LogP contribution in [0.2, 0.25) is 0 Å². The van der Waals surface area contributed by atoms with E-state index in [9.17, 15) is 18.0 Å². The Kier molecular flexibility index (Phi) is 4.98. The summed E-state index contributed by atoms with van der Waals surface area (Å²) in [6.45, 7) is 1.99. The first-order chi connectivity index (χ1) is 8.21. The molecule has 4 N–H and O–H groups in total. The monoisotopic (exact) mass is 267 g/mol. The third-order valence-electron chi connectivity index (χ3n) is 3.37.